The summed E-state index contributed by atoms with van der Waals surface area (Å²) in [4.78, 5) is 14.0. The van der Waals surface area contributed by atoms with Crippen molar-refractivity contribution in [2.45, 2.75) is 20.0 Å². The number of aromatic nitrogens is 2. The number of aryl methyl sites for hydroxylation is 2. The van der Waals surface area contributed by atoms with Gasteiger partial charge in [-0.1, -0.05) is 0 Å². The summed E-state index contributed by atoms with van der Waals surface area (Å²) in [6.07, 6.45) is -0.195. The Morgan fingerprint density at radius 2 is 2.42 bits per heavy atom. The smallest absolute Gasteiger partial charge is 0.238 e. The van der Waals surface area contributed by atoms with Gasteiger partial charge >= 0.3 is 0 Å². The number of aliphatic hydroxyl groups excluding tert-OH is 1. The Balaban J connectivity index is 1.87. The van der Waals surface area contributed by atoms with E-state index in [-0.39, 0.29) is 18.6 Å². The SMILES string of the molecule is Cc1n[nH]c(C)c1NC(=O)CN1CCOC(CO)C1. The number of anilines is 1. The van der Waals surface area contributed by atoms with Crippen LogP contribution < -0.4 is 5.32 Å². The first-order valence-corrected chi connectivity index (χ1v) is 6.36. The number of morpholine rings is 1. The minimum absolute atomic E-state index is 0.0158. The molecule has 1 aliphatic heterocycles. The molecule has 1 aromatic rings. The summed E-state index contributed by atoms with van der Waals surface area (Å²) in [6.45, 7) is 5.81. The number of carbonyl (C=O) groups is 1. The van der Waals surface area contributed by atoms with E-state index in [1.54, 1.807) is 0 Å². The summed E-state index contributed by atoms with van der Waals surface area (Å²) < 4.78 is 5.34. The van der Waals surface area contributed by atoms with E-state index in [1.807, 2.05) is 18.7 Å². The van der Waals surface area contributed by atoms with Crippen LogP contribution in [0.15, 0.2) is 0 Å². The largest absolute Gasteiger partial charge is 0.394 e. The molecular formula is C12H20N4O3. The lowest BCUT2D eigenvalue weighted by Crippen LogP contribution is -2.46. The normalized spacial score (nSPS) is 20.5. The first-order valence-electron chi connectivity index (χ1n) is 6.36. The molecule has 0 saturated carbocycles. The van der Waals surface area contributed by atoms with Crippen LogP contribution in [0.5, 0.6) is 0 Å². The van der Waals surface area contributed by atoms with Crippen LogP contribution in [-0.4, -0.2) is 65.1 Å². The maximum Gasteiger partial charge on any atom is 0.238 e. The molecular weight excluding hydrogens is 248 g/mol. The van der Waals surface area contributed by atoms with Gasteiger partial charge in [-0.05, 0) is 13.8 Å². The minimum Gasteiger partial charge on any atom is -0.394 e. The average Bonchev–Trinajstić information content (AvgIpc) is 2.71. The van der Waals surface area contributed by atoms with Crippen molar-refractivity contribution < 1.29 is 14.6 Å². The van der Waals surface area contributed by atoms with Crippen molar-refractivity contribution in [3.63, 3.8) is 0 Å². The molecule has 1 aliphatic rings. The van der Waals surface area contributed by atoms with Gasteiger partial charge < -0.3 is 15.2 Å². The van der Waals surface area contributed by atoms with Gasteiger partial charge in [0.1, 0.15) is 0 Å². The van der Waals surface area contributed by atoms with E-state index in [2.05, 4.69) is 15.5 Å². The lowest BCUT2D eigenvalue weighted by molar-refractivity contribution is -0.120. The van der Waals surface area contributed by atoms with Crippen LogP contribution in [0.3, 0.4) is 0 Å². The minimum atomic E-state index is -0.195. The molecule has 0 spiro atoms. The highest BCUT2D eigenvalue weighted by molar-refractivity contribution is 5.93. The lowest BCUT2D eigenvalue weighted by Gasteiger charge is -2.31. The molecule has 1 fully saturated rings. The Morgan fingerprint density at radius 1 is 1.63 bits per heavy atom. The first-order chi connectivity index (χ1) is 9.10. The summed E-state index contributed by atoms with van der Waals surface area (Å²) in [5.74, 6) is -0.0776. The zero-order chi connectivity index (χ0) is 13.8. The molecule has 0 radical (unpaired) electrons. The number of aromatic amines is 1. The van der Waals surface area contributed by atoms with E-state index in [0.717, 1.165) is 17.1 Å². The molecule has 1 aromatic heterocycles. The van der Waals surface area contributed by atoms with Gasteiger partial charge in [0.25, 0.3) is 0 Å². The second kappa shape index (κ2) is 6.14. The Kier molecular flexibility index (Phi) is 4.52. The number of hydrogen-bond acceptors (Lipinski definition) is 5. The van der Waals surface area contributed by atoms with Crippen molar-refractivity contribution >= 4 is 11.6 Å². The predicted octanol–water partition coefficient (Wildman–Crippen LogP) is -0.342. The number of nitrogens with zero attached hydrogens (tertiary/aromatic N) is 2. The number of hydrogen-bond donors (Lipinski definition) is 3. The molecule has 19 heavy (non-hydrogen) atoms. The first kappa shape index (κ1) is 14.0. The van der Waals surface area contributed by atoms with E-state index in [4.69, 9.17) is 9.84 Å². The number of rotatable bonds is 4. The third-order valence-electron chi connectivity index (χ3n) is 3.19. The van der Waals surface area contributed by atoms with E-state index < -0.39 is 0 Å². The van der Waals surface area contributed by atoms with Crippen molar-refractivity contribution in [2.75, 3.05) is 38.2 Å². The van der Waals surface area contributed by atoms with Crippen LogP contribution >= 0.6 is 0 Å². The molecule has 1 atom stereocenters. The van der Waals surface area contributed by atoms with Gasteiger partial charge in [-0.2, -0.15) is 5.10 Å². The highest BCUT2D eigenvalue weighted by Crippen LogP contribution is 2.16. The molecule has 1 unspecified atom stereocenters. The summed E-state index contributed by atoms with van der Waals surface area (Å²) in [5, 5.41) is 18.8. The van der Waals surface area contributed by atoms with Gasteiger partial charge in [0.2, 0.25) is 5.91 Å². The Bertz CT molecular complexity index is 427. The molecule has 2 heterocycles. The van der Waals surface area contributed by atoms with Gasteiger partial charge in [0.05, 0.1) is 42.9 Å². The van der Waals surface area contributed by atoms with Crippen LogP contribution in [0.25, 0.3) is 0 Å². The van der Waals surface area contributed by atoms with E-state index in [9.17, 15) is 4.79 Å². The van der Waals surface area contributed by atoms with Gasteiger partial charge in [-0.25, -0.2) is 0 Å². The number of H-pyrrole nitrogens is 1. The zero-order valence-corrected chi connectivity index (χ0v) is 11.3. The van der Waals surface area contributed by atoms with E-state index in [1.165, 1.54) is 0 Å². The summed E-state index contributed by atoms with van der Waals surface area (Å²) >= 11 is 0. The van der Waals surface area contributed by atoms with Crippen LogP contribution in [0.1, 0.15) is 11.4 Å². The topological polar surface area (TPSA) is 90.5 Å². The molecule has 1 saturated heterocycles. The second-order valence-electron chi connectivity index (χ2n) is 4.77. The number of ether oxygens (including phenoxy) is 1. The Morgan fingerprint density at radius 3 is 3.05 bits per heavy atom. The Labute approximate surface area is 111 Å². The molecule has 3 N–H and O–H groups in total. The summed E-state index contributed by atoms with van der Waals surface area (Å²) in [6, 6.07) is 0. The quantitative estimate of drug-likeness (QED) is 0.695. The standard InChI is InChI=1S/C12H20N4O3/c1-8-12(9(2)15-14-8)13-11(18)6-16-3-4-19-10(5-16)7-17/h10,17H,3-7H2,1-2H3,(H,13,18)(H,14,15). The number of carbonyl (C=O) groups excluding carboxylic acids is 1. The van der Waals surface area contributed by atoms with Gasteiger partial charge in [-0.3, -0.25) is 14.8 Å². The van der Waals surface area contributed by atoms with Crippen LogP contribution in [-0.2, 0) is 9.53 Å². The highest BCUT2D eigenvalue weighted by Gasteiger charge is 2.22. The average molecular weight is 268 g/mol. The molecule has 0 bridgehead atoms. The maximum atomic E-state index is 12.0. The fourth-order valence-electron chi connectivity index (χ4n) is 2.15. The van der Waals surface area contributed by atoms with Gasteiger partial charge in [0, 0.05) is 13.1 Å². The zero-order valence-electron chi connectivity index (χ0n) is 11.3. The molecule has 2 rings (SSSR count). The molecule has 7 heteroatoms. The van der Waals surface area contributed by atoms with Crippen molar-refractivity contribution in [3.8, 4) is 0 Å². The van der Waals surface area contributed by atoms with Gasteiger partial charge in [-0.15, -0.1) is 0 Å². The van der Waals surface area contributed by atoms with Crippen molar-refractivity contribution in [3.05, 3.63) is 11.4 Å². The van der Waals surface area contributed by atoms with Crippen LogP contribution in [0.4, 0.5) is 5.69 Å². The fourth-order valence-corrected chi connectivity index (χ4v) is 2.15. The summed E-state index contributed by atoms with van der Waals surface area (Å²) in [7, 11) is 0. The molecule has 0 aliphatic carbocycles. The van der Waals surface area contributed by atoms with Crippen LogP contribution in [0.2, 0.25) is 0 Å². The molecule has 106 valence electrons. The maximum absolute atomic E-state index is 12.0. The molecule has 0 aromatic carbocycles. The lowest BCUT2D eigenvalue weighted by atomic mass is 10.2. The van der Waals surface area contributed by atoms with Crippen molar-refractivity contribution in [1.29, 1.82) is 0 Å². The number of aliphatic hydroxyl groups is 1. The van der Waals surface area contributed by atoms with E-state index >= 15 is 0 Å². The fraction of sp³-hybridized carbons (Fsp3) is 0.667. The molecule has 1 amide bonds. The van der Waals surface area contributed by atoms with E-state index in [0.29, 0.717) is 26.2 Å². The number of nitrogens with one attached hydrogen (secondary N) is 2. The summed E-state index contributed by atoms with van der Waals surface area (Å²) in [5.41, 5.74) is 2.37. The third kappa shape index (κ3) is 3.52. The molecule has 7 nitrogen and oxygen atoms in total. The number of amides is 1. The van der Waals surface area contributed by atoms with Gasteiger partial charge in [0.15, 0.2) is 0 Å². The second-order valence-corrected chi connectivity index (χ2v) is 4.77. The highest BCUT2D eigenvalue weighted by atomic mass is 16.5. The monoisotopic (exact) mass is 268 g/mol. The predicted molar refractivity (Wildman–Crippen MR) is 70.0 cm³/mol. The van der Waals surface area contributed by atoms with Crippen molar-refractivity contribution in [2.24, 2.45) is 0 Å². The van der Waals surface area contributed by atoms with Crippen molar-refractivity contribution in [1.82, 2.24) is 15.1 Å². The third-order valence-corrected chi connectivity index (χ3v) is 3.19. The Hall–Kier alpha value is -1.44. The van der Waals surface area contributed by atoms with Crippen LogP contribution in [0, 0.1) is 13.8 Å².